The molecule has 16 heavy (non-hydrogen) atoms. The second kappa shape index (κ2) is 4.37. The number of benzene rings is 1. The van der Waals surface area contributed by atoms with Gasteiger partial charge >= 0.3 is 0 Å². The molecule has 1 aromatic carbocycles. The number of nitrogens with two attached hydrogens (primary N) is 1. The average Bonchev–Trinajstić information content (AvgIpc) is 2.30. The van der Waals surface area contributed by atoms with Crippen molar-refractivity contribution in [2.75, 3.05) is 6.54 Å². The summed E-state index contributed by atoms with van der Waals surface area (Å²) in [5, 5.41) is 0. The quantitative estimate of drug-likeness (QED) is 0.779. The molecule has 0 fully saturated rings. The Kier molecular flexibility index (Phi) is 3.09. The molecule has 1 heterocycles. The molecule has 1 aliphatic heterocycles. The molecule has 0 bridgehead atoms. The Morgan fingerprint density at radius 1 is 1.19 bits per heavy atom. The highest BCUT2D eigenvalue weighted by Gasteiger charge is 2.29. The van der Waals surface area contributed by atoms with Crippen molar-refractivity contribution in [2.45, 2.75) is 17.5 Å². The third-order valence-electron chi connectivity index (χ3n) is 2.55. The van der Waals surface area contributed by atoms with Crippen molar-refractivity contribution < 1.29 is 8.42 Å². The molecule has 0 radical (unpaired) electrons. The van der Waals surface area contributed by atoms with Crippen LogP contribution in [0.4, 0.5) is 0 Å². The van der Waals surface area contributed by atoms with E-state index in [1.54, 1.807) is 30.3 Å². The molecule has 1 aromatic rings. The Balaban J connectivity index is 2.36. The average molecular weight is 238 g/mol. The van der Waals surface area contributed by atoms with Crippen LogP contribution in [0.1, 0.15) is 6.42 Å². The van der Waals surface area contributed by atoms with Gasteiger partial charge in [0.25, 0.3) is 0 Å². The van der Waals surface area contributed by atoms with Crippen LogP contribution in [0, 0.1) is 0 Å². The first-order valence-corrected chi connectivity index (χ1v) is 6.54. The molecule has 0 amide bonds. The maximum Gasteiger partial charge on any atom is 0.244 e. The summed E-state index contributed by atoms with van der Waals surface area (Å²) < 4.78 is 25.7. The minimum Gasteiger partial charge on any atom is -0.315 e. The van der Waals surface area contributed by atoms with Gasteiger partial charge < -0.3 is 5.73 Å². The van der Waals surface area contributed by atoms with E-state index in [1.165, 1.54) is 4.31 Å². The first-order valence-electron chi connectivity index (χ1n) is 5.10. The van der Waals surface area contributed by atoms with Gasteiger partial charge in [-0.05, 0) is 18.6 Å². The lowest BCUT2D eigenvalue weighted by Gasteiger charge is -2.28. The van der Waals surface area contributed by atoms with E-state index < -0.39 is 16.2 Å². The van der Waals surface area contributed by atoms with E-state index in [2.05, 4.69) is 0 Å². The number of rotatable bonds is 2. The summed E-state index contributed by atoms with van der Waals surface area (Å²) in [6.07, 6.45) is 3.83. The number of hydrogen-bond acceptors (Lipinski definition) is 3. The normalized spacial score (nSPS) is 22.2. The fraction of sp³-hybridized carbons (Fsp3) is 0.273. The van der Waals surface area contributed by atoms with E-state index in [4.69, 9.17) is 5.73 Å². The van der Waals surface area contributed by atoms with E-state index in [9.17, 15) is 8.42 Å². The van der Waals surface area contributed by atoms with E-state index in [0.717, 1.165) is 0 Å². The van der Waals surface area contributed by atoms with Crippen molar-refractivity contribution in [3.05, 3.63) is 42.5 Å². The lowest BCUT2D eigenvalue weighted by atomic mass is 10.2. The molecule has 0 spiro atoms. The van der Waals surface area contributed by atoms with Crippen LogP contribution in [-0.2, 0) is 10.0 Å². The SMILES string of the molecule is NC1CC=CCN1S(=O)(=O)c1ccccc1. The standard InChI is InChI=1S/C11H14N2O2S/c12-11-8-4-5-9-13(11)16(14,15)10-6-2-1-3-7-10/h1-7,11H,8-9,12H2. The monoisotopic (exact) mass is 238 g/mol. The maximum absolute atomic E-state index is 12.2. The van der Waals surface area contributed by atoms with Crippen LogP contribution in [0.3, 0.4) is 0 Å². The zero-order valence-electron chi connectivity index (χ0n) is 8.78. The molecule has 0 aromatic heterocycles. The third-order valence-corrected chi connectivity index (χ3v) is 4.45. The molecule has 0 saturated heterocycles. The molecule has 0 saturated carbocycles. The number of nitrogens with zero attached hydrogens (tertiary/aromatic N) is 1. The predicted molar refractivity (Wildman–Crippen MR) is 62.1 cm³/mol. The van der Waals surface area contributed by atoms with Crippen LogP contribution >= 0.6 is 0 Å². The lowest BCUT2D eigenvalue weighted by Crippen LogP contribution is -2.47. The molecule has 2 rings (SSSR count). The van der Waals surface area contributed by atoms with Crippen molar-refractivity contribution in [1.29, 1.82) is 0 Å². The Bertz CT molecular complexity index is 482. The van der Waals surface area contributed by atoms with Gasteiger partial charge in [-0.25, -0.2) is 8.42 Å². The molecule has 2 N–H and O–H groups in total. The second-order valence-corrected chi connectivity index (χ2v) is 5.55. The van der Waals surface area contributed by atoms with E-state index in [-0.39, 0.29) is 0 Å². The highest BCUT2D eigenvalue weighted by Crippen LogP contribution is 2.19. The summed E-state index contributed by atoms with van der Waals surface area (Å²) in [6.45, 7) is 0.346. The van der Waals surface area contributed by atoms with Crippen molar-refractivity contribution in [1.82, 2.24) is 4.31 Å². The van der Waals surface area contributed by atoms with Crippen LogP contribution in [-0.4, -0.2) is 25.4 Å². The lowest BCUT2D eigenvalue weighted by molar-refractivity contribution is 0.339. The molecular formula is C11H14N2O2S. The second-order valence-electron chi connectivity index (χ2n) is 3.66. The van der Waals surface area contributed by atoms with Gasteiger partial charge in [-0.2, -0.15) is 4.31 Å². The van der Waals surface area contributed by atoms with Crippen LogP contribution < -0.4 is 5.73 Å². The Morgan fingerprint density at radius 3 is 2.50 bits per heavy atom. The van der Waals surface area contributed by atoms with Gasteiger partial charge in [-0.1, -0.05) is 30.4 Å². The summed E-state index contributed by atoms with van der Waals surface area (Å²) in [6, 6.07) is 8.37. The van der Waals surface area contributed by atoms with Gasteiger partial charge in [0, 0.05) is 6.54 Å². The summed E-state index contributed by atoms with van der Waals surface area (Å²) in [5.41, 5.74) is 5.80. The van der Waals surface area contributed by atoms with Gasteiger partial charge in [0.05, 0.1) is 11.1 Å². The van der Waals surface area contributed by atoms with Gasteiger partial charge in [-0.3, -0.25) is 0 Å². The topological polar surface area (TPSA) is 63.4 Å². The molecule has 0 aliphatic carbocycles. The Morgan fingerprint density at radius 2 is 1.88 bits per heavy atom. The third kappa shape index (κ3) is 2.02. The Labute approximate surface area is 95.4 Å². The summed E-state index contributed by atoms with van der Waals surface area (Å²) in [5.74, 6) is 0. The van der Waals surface area contributed by atoms with Crippen LogP contribution in [0.5, 0.6) is 0 Å². The highest BCUT2D eigenvalue weighted by atomic mass is 32.2. The number of hydrogen-bond donors (Lipinski definition) is 1. The number of sulfonamides is 1. The minimum absolute atomic E-state index is 0.292. The van der Waals surface area contributed by atoms with E-state index >= 15 is 0 Å². The van der Waals surface area contributed by atoms with Crippen molar-refractivity contribution in [3.63, 3.8) is 0 Å². The molecule has 5 heteroatoms. The van der Waals surface area contributed by atoms with Crippen molar-refractivity contribution in [3.8, 4) is 0 Å². The zero-order chi connectivity index (χ0) is 11.6. The molecular weight excluding hydrogens is 224 g/mol. The van der Waals surface area contributed by atoms with Crippen molar-refractivity contribution >= 4 is 10.0 Å². The molecule has 1 atom stereocenters. The summed E-state index contributed by atoms with van der Waals surface area (Å²) >= 11 is 0. The molecule has 1 aliphatic rings. The highest BCUT2D eigenvalue weighted by molar-refractivity contribution is 7.89. The zero-order valence-corrected chi connectivity index (χ0v) is 9.60. The van der Waals surface area contributed by atoms with Gasteiger partial charge in [-0.15, -0.1) is 0 Å². The van der Waals surface area contributed by atoms with Crippen LogP contribution in [0.2, 0.25) is 0 Å². The first-order chi connectivity index (χ1) is 7.62. The fourth-order valence-corrected chi connectivity index (χ4v) is 3.17. The molecule has 1 unspecified atom stereocenters. The van der Waals surface area contributed by atoms with Crippen LogP contribution in [0.25, 0.3) is 0 Å². The van der Waals surface area contributed by atoms with E-state index in [0.29, 0.717) is 17.9 Å². The molecule has 4 nitrogen and oxygen atoms in total. The van der Waals surface area contributed by atoms with Crippen LogP contribution in [0.15, 0.2) is 47.4 Å². The fourth-order valence-electron chi connectivity index (χ4n) is 1.67. The summed E-state index contributed by atoms with van der Waals surface area (Å²) in [7, 11) is -3.45. The first kappa shape index (κ1) is 11.3. The van der Waals surface area contributed by atoms with Gasteiger partial charge in [0.1, 0.15) is 0 Å². The molecule has 86 valence electrons. The van der Waals surface area contributed by atoms with Crippen molar-refractivity contribution in [2.24, 2.45) is 5.73 Å². The minimum atomic E-state index is -3.45. The van der Waals surface area contributed by atoms with Gasteiger partial charge in [0.15, 0.2) is 0 Å². The largest absolute Gasteiger partial charge is 0.315 e. The van der Waals surface area contributed by atoms with Gasteiger partial charge in [0.2, 0.25) is 10.0 Å². The predicted octanol–water partition coefficient (Wildman–Crippen LogP) is 0.922. The summed E-state index contributed by atoms with van der Waals surface area (Å²) in [4.78, 5) is 0.292. The van der Waals surface area contributed by atoms with E-state index in [1.807, 2.05) is 12.2 Å². The maximum atomic E-state index is 12.2. The Hall–Kier alpha value is -1.17. The smallest absolute Gasteiger partial charge is 0.244 e.